The second-order valence-corrected chi connectivity index (χ2v) is 8.89. The van der Waals surface area contributed by atoms with Gasteiger partial charge in [-0.05, 0) is 48.1 Å². The molecule has 1 unspecified atom stereocenters. The van der Waals surface area contributed by atoms with Gasteiger partial charge in [-0.3, -0.25) is 0 Å². The third-order valence-corrected chi connectivity index (χ3v) is 6.66. The van der Waals surface area contributed by atoms with E-state index in [0.717, 1.165) is 12.0 Å². The van der Waals surface area contributed by atoms with Crippen LogP contribution in [0.1, 0.15) is 5.56 Å². The van der Waals surface area contributed by atoms with Gasteiger partial charge < -0.3 is 14.4 Å². The Labute approximate surface area is 169 Å². The Morgan fingerprint density at radius 3 is 2.22 bits per heavy atom. The van der Waals surface area contributed by atoms with Crippen molar-refractivity contribution >= 4 is 26.0 Å². The number of hydrogen-bond acceptors (Lipinski definition) is 5. The highest BCUT2D eigenvalue weighted by molar-refractivity contribution is 9.10. The Kier molecular flexibility index (Phi) is 7.67. The van der Waals surface area contributed by atoms with Gasteiger partial charge in [-0.25, -0.2) is 13.1 Å². The minimum absolute atomic E-state index is 0.0149. The summed E-state index contributed by atoms with van der Waals surface area (Å²) in [7, 11) is 3.12. The first kappa shape index (κ1) is 21.7. The molecule has 0 saturated carbocycles. The zero-order valence-corrected chi connectivity index (χ0v) is 18.3. The fourth-order valence-corrected chi connectivity index (χ4v) is 4.76. The molecular formula is C19H25BrN2O4S. The van der Waals surface area contributed by atoms with Crippen molar-refractivity contribution in [2.24, 2.45) is 0 Å². The van der Waals surface area contributed by atoms with Crippen LogP contribution < -0.4 is 14.2 Å². The molecule has 148 valence electrons. The van der Waals surface area contributed by atoms with Crippen molar-refractivity contribution in [2.75, 3.05) is 34.9 Å². The van der Waals surface area contributed by atoms with Crippen LogP contribution in [0, 0.1) is 0 Å². The number of sulfonamides is 1. The van der Waals surface area contributed by atoms with E-state index in [0.29, 0.717) is 16.0 Å². The lowest BCUT2D eigenvalue weighted by atomic mass is 10.1. The van der Waals surface area contributed by atoms with E-state index in [1.807, 2.05) is 49.3 Å². The summed E-state index contributed by atoms with van der Waals surface area (Å²) in [6.07, 6.45) is 0.740. The first-order valence-electron chi connectivity index (χ1n) is 8.40. The van der Waals surface area contributed by atoms with Gasteiger partial charge in [-0.2, -0.15) is 0 Å². The molecule has 1 atom stereocenters. The molecule has 0 fully saturated rings. The van der Waals surface area contributed by atoms with Crippen molar-refractivity contribution in [3.05, 3.63) is 52.5 Å². The van der Waals surface area contributed by atoms with E-state index in [4.69, 9.17) is 9.47 Å². The summed E-state index contributed by atoms with van der Waals surface area (Å²) in [6.45, 7) is 0.283. The molecule has 0 spiro atoms. The SMILES string of the molecule is COc1cc(Br)c(S(=O)(=O)NCC(Cc2ccccc2)N(C)C)cc1OC. The predicted molar refractivity (Wildman–Crippen MR) is 110 cm³/mol. The van der Waals surface area contributed by atoms with Gasteiger partial charge in [-0.1, -0.05) is 30.3 Å². The summed E-state index contributed by atoms with van der Waals surface area (Å²) < 4.78 is 39.2. The summed E-state index contributed by atoms with van der Waals surface area (Å²) in [4.78, 5) is 2.12. The first-order chi connectivity index (χ1) is 12.8. The number of halogens is 1. The van der Waals surface area contributed by atoms with E-state index in [1.54, 1.807) is 6.07 Å². The van der Waals surface area contributed by atoms with Crippen LogP contribution in [0.25, 0.3) is 0 Å². The molecular weight excluding hydrogens is 432 g/mol. The topological polar surface area (TPSA) is 67.9 Å². The Balaban J connectivity index is 2.19. The van der Waals surface area contributed by atoms with E-state index >= 15 is 0 Å². The Hall–Kier alpha value is -1.61. The zero-order valence-electron chi connectivity index (χ0n) is 15.9. The molecule has 2 aromatic carbocycles. The molecule has 0 aliphatic carbocycles. The molecule has 0 aromatic heterocycles. The highest BCUT2D eigenvalue weighted by Gasteiger charge is 2.23. The maximum atomic E-state index is 12.8. The molecule has 0 heterocycles. The van der Waals surface area contributed by atoms with Gasteiger partial charge in [0.05, 0.1) is 14.2 Å². The van der Waals surface area contributed by atoms with Crippen LogP contribution in [0.3, 0.4) is 0 Å². The lowest BCUT2D eigenvalue weighted by Crippen LogP contribution is -2.41. The molecule has 1 N–H and O–H groups in total. The average molecular weight is 457 g/mol. The molecule has 2 rings (SSSR count). The molecule has 0 amide bonds. The molecule has 27 heavy (non-hydrogen) atoms. The van der Waals surface area contributed by atoms with Gasteiger partial charge in [0, 0.05) is 23.1 Å². The van der Waals surface area contributed by atoms with E-state index in [2.05, 4.69) is 20.7 Å². The number of benzene rings is 2. The number of rotatable bonds is 9. The van der Waals surface area contributed by atoms with Gasteiger partial charge in [0.1, 0.15) is 4.90 Å². The van der Waals surface area contributed by atoms with Crippen LogP contribution in [0.5, 0.6) is 11.5 Å². The number of ether oxygens (including phenoxy) is 2. The van der Waals surface area contributed by atoms with Gasteiger partial charge >= 0.3 is 0 Å². The van der Waals surface area contributed by atoms with Crippen LogP contribution >= 0.6 is 15.9 Å². The fraction of sp³-hybridized carbons (Fsp3) is 0.368. The van der Waals surface area contributed by atoms with Crippen molar-refractivity contribution in [2.45, 2.75) is 17.4 Å². The molecule has 0 aliphatic rings. The Morgan fingerprint density at radius 2 is 1.67 bits per heavy atom. The van der Waals surface area contributed by atoms with Gasteiger partial charge in [0.2, 0.25) is 10.0 Å². The highest BCUT2D eigenvalue weighted by Crippen LogP contribution is 2.35. The van der Waals surface area contributed by atoms with E-state index in [9.17, 15) is 8.42 Å². The number of hydrogen-bond donors (Lipinski definition) is 1. The quantitative estimate of drug-likeness (QED) is 0.627. The summed E-state index contributed by atoms with van der Waals surface area (Å²) >= 11 is 3.31. The highest BCUT2D eigenvalue weighted by atomic mass is 79.9. The Morgan fingerprint density at radius 1 is 1.07 bits per heavy atom. The standard InChI is InChI=1S/C19H25BrN2O4S/c1-22(2)15(10-14-8-6-5-7-9-14)13-21-27(23,24)19-12-18(26-4)17(25-3)11-16(19)20/h5-9,11-12,15,21H,10,13H2,1-4H3. The van der Waals surface area contributed by atoms with Crippen LogP contribution in [-0.2, 0) is 16.4 Å². The lowest BCUT2D eigenvalue weighted by Gasteiger charge is -2.25. The monoisotopic (exact) mass is 456 g/mol. The van der Waals surface area contributed by atoms with Gasteiger partial charge in [0.15, 0.2) is 11.5 Å². The number of likely N-dealkylation sites (N-methyl/N-ethyl adjacent to an activating group) is 1. The predicted octanol–water partition coefficient (Wildman–Crippen LogP) is 2.92. The zero-order chi connectivity index (χ0) is 20.0. The maximum absolute atomic E-state index is 12.8. The summed E-state index contributed by atoms with van der Waals surface area (Å²) in [5.41, 5.74) is 1.16. The normalized spacial score (nSPS) is 12.8. The van der Waals surface area contributed by atoms with Crippen LogP contribution in [0.2, 0.25) is 0 Å². The Bertz CT molecular complexity index is 858. The van der Waals surface area contributed by atoms with Crippen molar-refractivity contribution in [1.82, 2.24) is 9.62 Å². The number of nitrogens with one attached hydrogen (secondary N) is 1. The van der Waals surface area contributed by atoms with Gasteiger partial charge in [-0.15, -0.1) is 0 Å². The molecule has 2 aromatic rings. The van der Waals surface area contributed by atoms with Crippen molar-refractivity contribution in [3.8, 4) is 11.5 Å². The van der Waals surface area contributed by atoms with Crippen molar-refractivity contribution in [3.63, 3.8) is 0 Å². The van der Waals surface area contributed by atoms with E-state index in [1.165, 1.54) is 20.3 Å². The van der Waals surface area contributed by atoms with Crippen molar-refractivity contribution < 1.29 is 17.9 Å². The third-order valence-electron chi connectivity index (χ3n) is 4.28. The lowest BCUT2D eigenvalue weighted by molar-refractivity contribution is 0.291. The molecule has 8 heteroatoms. The van der Waals surface area contributed by atoms with Crippen LogP contribution in [-0.4, -0.2) is 54.2 Å². The summed E-state index contributed by atoms with van der Waals surface area (Å²) in [5.74, 6) is 0.813. The summed E-state index contributed by atoms with van der Waals surface area (Å²) in [5, 5.41) is 0. The van der Waals surface area contributed by atoms with E-state index < -0.39 is 10.0 Å². The minimum Gasteiger partial charge on any atom is -0.493 e. The van der Waals surface area contributed by atoms with Crippen LogP contribution in [0.15, 0.2) is 51.8 Å². The smallest absolute Gasteiger partial charge is 0.241 e. The minimum atomic E-state index is -3.73. The molecule has 0 radical (unpaired) electrons. The summed E-state index contributed by atoms with van der Waals surface area (Å²) in [6, 6.07) is 13.0. The molecule has 0 saturated heterocycles. The number of methoxy groups -OCH3 is 2. The van der Waals surface area contributed by atoms with E-state index in [-0.39, 0.29) is 17.5 Å². The van der Waals surface area contributed by atoms with Crippen molar-refractivity contribution in [1.29, 1.82) is 0 Å². The maximum Gasteiger partial charge on any atom is 0.241 e. The largest absolute Gasteiger partial charge is 0.493 e. The average Bonchev–Trinajstić information content (AvgIpc) is 2.65. The van der Waals surface area contributed by atoms with Crippen LogP contribution in [0.4, 0.5) is 0 Å². The first-order valence-corrected chi connectivity index (χ1v) is 10.7. The van der Waals surface area contributed by atoms with Gasteiger partial charge in [0.25, 0.3) is 0 Å². The fourth-order valence-electron chi connectivity index (χ4n) is 2.65. The number of nitrogens with zero attached hydrogens (tertiary/aromatic N) is 1. The second kappa shape index (κ2) is 9.54. The molecule has 0 bridgehead atoms. The second-order valence-electron chi connectivity index (χ2n) is 6.30. The molecule has 6 nitrogen and oxygen atoms in total. The molecule has 0 aliphatic heterocycles. The third kappa shape index (κ3) is 5.68.